The molecule has 0 N–H and O–H groups in total. The van der Waals surface area contributed by atoms with Gasteiger partial charge in [0.15, 0.2) is 0 Å². The monoisotopic (exact) mass is 432 g/mol. The lowest BCUT2D eigenvalue weighted by molar-refractivity contribution is -0.149. The first-order chi connectivity index (χ1) is 15.0. The molecule has 0 aromatic heterocycles. The molecule has 1 aromatic rings. The van der Waals surface area contributed by atoms with E-state index in [0.717, 1.165) is 37.5 Å². The lowest BCUT2D eigenvalue weighted by Crippen LogP contribution is -2.29. The zero-order valence-electron chi connectivity index (χ0n) is 18.2. The molecule has 0 saturated heterocycles. The van der Waals surface area contributed by atoms with E-state index in [0.29, 0.717) is 44.6 Å². The highest BCUT2D eigenvalue weighted by Gasteiger charge is 2.31. The van der Waals surface area contributed by atoms with E-state index in [4.69, 9.17) is 18.9 Å². The smallest absolute Gasteiger partial charge is 0.330 e. The van der Waals surface area contributed by atoms with Gasteiger partial charge in [-0.15, -0.1) is 0 Å². The van der Waals surface area contributed by atoms with E-state index < -0.39 is 0 Å². The summed E-state index contributed by atoms with van der Waals surface area (Å²) in [5.41, 5.74) is 0. The van der Waals surface area contributed by atoms with Gasteiger partial charge in [-0.05, 0) is 75.6 Å². The number of ether oxygens (including phenoxy) is 4. The number of benzene rings is 1. The Kier molecular flexibility index (Phi) is 10.6. The Bertz CT molecular complexity index is 718. The third-order valence-corrected chi connectivity index (χ3v) is 5.36. The summed E-state index contributed by atoms with van der Waals surface area (Å²) in [6, 6.07) is 7.01. The van der Waals surface area contributed by atoms with Crippen molar-refractivity contribution in [3.8, 4) is 11.5 Å². The van der Waals surface area contributed by atoms with Gasteiger partial charge < -0.3 is 18.9 Å². The Morgan fingerprint density at radius 3 is 2.00 bits per heavy atom. The number of esters is 3. The van der Waals surface area contributed by atoms with E-state index in [1.165, 1.54) is 7.11 Å². The van der Waals surface area contributed by atoms with Crippen LogP contribution in [0.4, 0.5) is 0 Å². The molecule has 0 aliphatic heterocycles. The molecular weight excluding hydrogens is 400 g/mol. The Labute approximate surface area is 183 Å². The fourth-order valence-electron chi connectivity index (χ4n) is 3.51. The van der Waals surface area contributed by atoms with E-state index in [2.05, 4.69) is 6.58 Å². The molecule has 170 valence electrons. The maximum Gasteiger partial charge on any atom is 0.330 e. The zero-order valence-corrected chi connectivity index (χ0v) is 18.2. The molecule has 0 unspecified atom stereocenters. The second-order valence-electron chi connectivity index (χ2n) is 7.60. The average Bonchev–Trinajstić information content (AvgIpc) is 2.81. The molecule has 1 saturated carbocycles. The fraction of sp³-hybridized carbons (Fsp3) is 0.542. The van der Waals surface area contributed by atoms with Gasteiger partial charge in [0.2, 0.25) is 0 Å². The van der Waals surface area contributed by atoms with E-state index in [9.17, 15) is 14.4 Å². The molecule has 0 amide bonds. The molecule has 1 fully saturated rings. The van der Waals surface area contributed by atoms with Crippen molar-refractivity contribution in [2.24, 2.45) is 11.8 Å². The minimum atomic E-state index is -0.386. The maximum absolute atomic E-state index is 12.4. The average molecular weight is 433 g/mol. The van der Waals surface area contributed by atoms with Gasteiger partial charge in [-0.3, -0.25) is 9.59 Å². The molecule has 2 rings (SSSR count). The third kappa shape index (κ3) is 8.82. The van der Waals surface area contributed by atoms with Gasteiger partial charge in [0.05, 0.1) is 32.2 Å². The predicted octanol–water partition coefficient (Wildman–Crippen LogP) is 4.24. The maximum atomic E-state index is 12.4. The van der Waals surface area contributed by atoms with Crippen LogP contribution in [-0.2, 0) is 23.9 Å². The Morgan fingerprint density at radius 2 is 1.42 bits per heavy atom. The fourth-order valence-corrected chi connectivity index (χ4v) is 3.51. The van der Waals surface area contributed by atoms with Crippen molar-refractivity contribution in [1.29, 1.82) is 0 Å². The summed E-state index contributed by atoms with van der Waals surface area (Å²) in [6.07, 6.45) is 7.41. The predicted molar refractivity (Wildman–Crippen MR) is 115 cm³/mol. The van der Waals surface area contributed by atoms with Crippen molar-refractivity contribution < 1.29 is 33.3 Å². The Balaban J connectivity index is 1.60. The van der Waals surface area contributed by atoms with Crippen LogP contribution in [0.25, 0.3) is 0 Å². The highest BCUT2D eigenvalue weighted by Crippen LogP contribution is 2.31. The third-order valence-electron chi connectivity index (χ3n) is 5.36. The highest BCUT2D eigenvalue weighted by atomic mass is 16.5. The number of carbonyl (C=O) groups is 3. The molecule has 7 heteroatoms. The zero-order chi connectivity index (χ0) is 22.5. The number of rotatable bonds is 12. The first kappa shape index (κ1) is 24.4. The van der Waals surface area contributed by atoms with E-state index in [1.807, 2.05) is 0 Å². The SMILES string of the molecule is C=CC(=O)OCCCCCCOc1ccc(OC(=O)[C@H]2CC[C@H](C(=O)OC)CC2)cc1. The summed E-state index contributed by atoms with van der Waals surface area (Å²) in [5, 5.41) is 0. The van der Waals surface area contributed by atoms with E-state index in [-0.39, 0.29) is 29.7 Å². The second-order valence-corrected chi connectivity index (χ2v) is 7.60. The molecule has 7 nitrogen and oxygen atoms in total. The van der Waals surface area contributed by atoms with Gasteiger partial charge >= 0.3 is 17.9 Å². The lowest BCUT2D eigenvalue weighted by atomic mass is 9.82. The molecule has 0 atom stereocenters. The summed E-state index contributed by atoms with van der Waals surface area (Å²) in [4.78, 5) is 34.9. The molecule has 0 bridgehead atoms. The first-order valence-corrected chi connectivity index (χ1v) is 10.8. The van der Waals surface area contributed by atoms with Crippen molar-refractivity contribution >= 4 is 17.9 Å². The quantitative estimate of drug-likeness (QED) is 0.211. The van der Waals surface area contributed by atoms with Gasteiger partial charge in [-0.2, -0.15) is 0 Å². The standard InChI is InChI=1S/C24H32O7/c1-3-22(25)30-17-7-5-4-6-16-29-20-12-14-21(15-13-20)31-24(27)19-10-8-18(9-11-19)23(26)28-2/h3,12-15,18-19H,1,4-11,16-17H2,2H3/t18-,19-. The van der Waals surface area contributed by atoms with Gasteiger partial charge in [-0.1, -0.05) is 6.58 Å². The van der Waals surface area contributed by atoms with Crippen molar-refractivity contribution in [2.45, 2.75) is 51.4 Å². The molecule has 31 heavy (non-hydrogen) atoms. The summed E-state index contributed by atoms with van der Waals surface area (Å²) in [7, 11) is 1.39. The number of methoxy groups -OCH3 is 1. The van der Waals surface area contributed by atoms with Crippen LogP contribution in [0.1, 0.15) is 51.4 Å². The van der Waals surface area contributed by atoms with Crippen LogP contribution in [0.5, 0.6) is 11.5 Å². The van der Waals surface area contributed by atoms with Crippen LogP contribution >= 0.6 is 0 Å². The molecule has 1 aromatic carbocycles. The van der Waals surface area contributed by atoms with E-state index in [1.54, 1.807) is 24.3 Å². The van der Waals surface area contributed by atoms with Crippen LogP contribution in [0.2, 0.25) is 0 Å². The van der Waals surface area contributed by atoms with Gasteiger partial charge in [0.1, 0.15) is 11.5 Å². The van der Waals surface area contributed by atoms with E-state index >= 15 is 0 Å². The van der Waals surface area contributed by atoms with Crippen molar-refractivity contribution in [3.63, 3.8) is 0 Å². The second kappa shape index (κ2) is 13.5. The number of unbranched alkanes of at least 4 members (excludes halogenated alkanes) is 3. The van der Waals surface area contributed by atoms with Crippen LogP contribution in [0.15, 0.2) is 36.9 Å². The van der Waals surface area contributed by atoms with Crippen LogP contribution in [-0.4, -0.2) is 38.2 Å². The molecule has 0 spiro atoms. The Morgan fingerprint density at radius 1 is 0.871 bits per heavy atom. The van der Waals surface area contributed by atoms with Crippen LogP contribution < -0.4 is 9.47 Å². The number of hydrogen-bond donors (Lipinski definition) is 0. The molecule has 0 radical (unpaired) electrons. The number of carbonyl (C=O) groups excluding carboxylic acids is 3. The summed E-state index contributed by atoms with van der Waals surface area (Å²) in [6.45, 7) is 4.36. The van der Waals surface area contributed by atoms with Gasteiger partial charge in [0.25, 0.3) is 0 Å². The number of hydrogen-bond acceptors (Lipinski definition) is 7. The molecular formula is C24H32O7. The van der Waals surface area contributed by atoms with Crippen molar-refractivity contribution in [1.82, 2.24) is 0 Å². The van der Waals surface area contributed by atoms with Gasteiger partial charge in [0, 0.05) is 6.08 Å². The molecule has 0 heterocycles. The largest absolute Gasteiger partial charge is 0.494 e. The van der Waals surface area contributed by atoms with Crippen molar-refractivity contribution in [2.75, 3.05) is 20.3 Å². The normalized spacial score (nSPS) is 18.0. The summed E-state index contributed by atoms with van der Waals surface area (Å²) in [5.74, 6) is 0.0767. The first-order valence-electron chi connectivity index (χ1n) is 10.8. The summed E-state index contributed by atoms with van der Waals surface area (Å²) < 4.78 is 20.9. The minimum Gasteiger partial charge on any atom is -0.494 e. The van der Waals surface area contributed by atoms with Crippen molar-refractivity contribution in [3.05, 3.63) is 36.9 Å². The highest BCUT2D eigenvalue weighted by molar-refractivity contribution is 5.81. The minimum absolute atomic E-state index is 0.111. The summed E-state index contributed by atoms with van der Waals surface area (Å²) >= 11 is 0. The van der Waals surface area contributed by atoms with Crippen LogP contribution in [0, 0.1) is 11.8 Å². The molecule has 1 aliphatic carbocycles. The van der Waals surface area contributed by atoms with Crippen LogP contribution in [0.3, 0.4) is 0 Å². The lowest BCUT2D eigenvalue weighted by Gasteiger charge is -2.25. The molecule has 1 aliphatic rings. The van der Waals surface area contributed by atoms with Gasteiger partial charge in [-0.25, -0.2) is 4.79 Å². The Hall–Kier alpha value is -2.83. The topological polar surface area (TPSA) is 88.1 Å².